The van der Waals surface area contributed by atoms with Crippen LogP contribution >= 0.6 is 0 Å². The standard InChI is InChI=1S/C7H11As/c1-5-4-6(2)8-7(5)3/h4,8H,1-3H3. The summed E-state index contributed by atoms with van der Waals surface area (Å²) >= 11 is 0.197. The van der Waals surface area contributed by atoms with E-state index in [1.165, 1.54) is 5.57 Å². The number of hydrogen-bond acceptors (Lipinski definition) is 0. The van der Waals surface area contributed by atoms with Crippen LogP contribution < -0.4 is 0 Å². The van der Waals surface area contributed by atoms with E-state index in [0.717, 1.165) is 0 Å². The van der Waals surface area contributed by atoms with E-state index in [4.69, 9.17) is 0 Å². The van der Waals surface area contributed by atoms with Crippen molar-refractivity contribution >= 4 is 15.8 Å². The Bertz CT molecular complexity index is 163. The summed E-state index contributed by atoms with van der Waals surface area (Å²) in [6.07, 6.45) is 2.31. The molecule has 0 bridgehead atoms. The first-order valence-electron chi connectivity index (χ1n) is 2.83. The van der Waals surface area contributed by atoms with Crippen LogP contribution in [0.1, 0.15) is 20.8 Å². The Morgan fingerprint density at radius 2 is 1.88 bits per heavy atom. The van der Waals surface area contributed by atoms with Crippen molar-refractivity contribution in [3.05, 3.63) is 20.4 Å². The zero-order chi connectivity index (χ0) is 6.15. The van der Waals surface area contributed by atoms with Crippen LogP contribution in [0.25, 0.3) is 0 Å². The fourth-order valence-electron chi connectivity index (χ4n) is 0.863. The van der Waals surface area contributed by atoms with Gasteiger partial charge in [-0.3, -0.25) is 0 Å². The van der Waals surface area contributed by atoms with Gasteiger partial charge in [-0.2, -0.15) is 0 Å². The van der Waals surface area contributed by atoms with Crippen molar-refractivity contribution in [1.29, 1.82) is 0 Å². The first-order valence-corrected chi connectivity index (χ1v) is 4.93. The molecule has 0 radical (unpaired) electrons. The summed E-state index contributed by atoms with van der Waals surface area (Å²) in [6.45, 7) is 6.69. The Kier molecular flexibility index (Phi) is 1.62. The summed E-state index contributed by atoms with van der Waals surface area (Å²) in [5.74, 6) is 0. The zero-order valence-corrected chi connectivity index (χ0v) is 7.68. The maximum absolute atomic E-state index is 2.31. The van der Waals surface area contributed by atoms with Gasteiger partial charge in [-0.1, -0.05) is 0 Å². The van der Waals surface area contributed by atoms with Crippen LogP contribution in [0.4, 0.5) is 0 Å². The predicted molar refractivity (Wildman–Crippen MR) is 39.3 cm³/mol. The van der Waals surface area contributed by atoms with Crippen molar-refractivity contribution in [2.24, 2.45) is 0 Å². The molecule has 0 saturated carbocycles. The molecule has 0 aromatic heterocycles. The van der Waals surface area contributed by atoms with E-state index in [1.807, 2.05) is 0 Å². The molecule has 0 aromatic rings. The molecule has 8 heavy (non-hydrogen) atoms. The second kappa shape index (κ2) is 2.11. The minimum absolute atomic E-state index is 0.197. The zero-order valence-electron chi connectivity index (χ0n) is 5.58. The van der Waals surface area contributed by atoms with Gasteiger partial charge in [-0.05, 0) is 0 Å². The van der Waals surface area contributed by atoms with Gasteiger partial charge in [-0.15, -0.1) is 0 Å². The SMILES string of the molecule is CC1=CC(C)=C(C)[AsH]1. The van der Waals surface area contributed by atoms with Crippen LogP contribution in [0.3, 0.4) is 0 Å². The molecule has 1 atom stereocenters. The minimum atomic E-state index is 0.197. The van der Waals surface area contributed by atoms with E-state index in [1.54, 1.807) is 8.72 Å². The molecule has 0 N–H and O–H groups in total. The molecule has 1 heterocycles. The first-order chi connectivity index (χ1) is 3.70. The Hall–Kier alpha value is 0.0384. The molecular weight excluding hydrogens is 159 g/mol. The van der Waals surface area contributed by atoms with E-state index < -0.39 is 0 Å². The third kappa shape index (κ3) is 1.06. The van der Waals surface area contributed by atoms with Crippen molar-refractivity contribution in [1.82, 2.24) is 0 Å². The van der Waals surface area contributed by atoms with Gasteiger partial charge in [0, 0.05) is 0 Å². The molecule has 44 valence electrons. The van der Waals surface area contributed by atoms with Crippen LogP contribution in [0.5, 0.6) is 0 Å². The number of hydrogen-bond donors (Lipinski definition) is 0. The Morgan fingerprint density at radius 1 is 1.25 bits per heavy atom. The molecule has 0 aliphatic carbocycles. The van der Waals surface area contributed by atoms with Crippen molar-refractivity contribution < 1.29 is 0 Å². The van der Waals surface area contributed by atoms with Gasteiger partial charge in [0.05, 0.1) is 0 Å². The van der Waals surface area contributed by atoms with Gasteiger partial charge >= 0.3 is 56.9 Å². The van der Waals surface area contributed by atoms with Crippen molar-refractivity contribution in [2.45, 2.75) is 20.8 Å². The molecule has 0 amide bonds. The Morgan fingerprint density at radius 3 is 2.00 bits per heavy atom. The third-order valence-electron chi connectivity index (χ3n) is 1.41. The number of rotatable bonds is 0. The Labute approximate surface area is 57.4 Å². The van der Waals surface area contributed by atoms with Gasteiger partial charge in [0.2, 0.25) is 0 Å². The normalized spacial score (nSPS) is 22.6. The van der Waals surface area contributed by atoms with Gasteiger partial charge in [0.1, 0.15) is 0 Å². The van der Waals surface area contributed by atoms with E-state index in [9.17, 15) is 0 Å². The molecule has 0 fully saturated rings. The molecule has 0 nitrogen and oxygen atoms in total. The van der Waals surface area contributed by atoms with Gasteiger partial charge in [0.15, 0.2) is 0 Å². The summed E-state index contributed by atoms with van der Waals surface area (Å²) in [5, 5.41) is 0. The van der Waals surface area contributed by atoms with Gasteiger partial charge < -0.3 is 0 Å². The molecule has 1 aliphatic rings. The molecular formula is C7H11As. The molecule has 0 saturated heterocycles. The summed E-state index contributed by atoms with van der Waals surface area (Å²) in [7, 11) is 0. The van der Waals surface area contributed by atoms with Gasteiger partial charge in [0.25, 0.3) is 0 Å². The summed E-state index contributed by atoms with van der Waals surface area (Å²) in [4.78, 5) is 0. The first kappa shape index (κ1) is 6.16. The van der Waals surface area contributed by atoms with Crippen LogP contribution in [-0.4, -0.2) is 15.8 Å². The van der Waals surface area contributed by atoms with Crippen molar-refractivity contribution in [3.63, 3.8) is 0 Å². The molecule has 1 rings (SSSR count). The average molecular weight is 170 g/mol. The third-order valence-corrected chi connectivity index (χ3v) is 4.15. The number of allylic oxidation sites excluding steroid dienone is 4. The summed E-state index contributed by atoms with van der Waals surface area (Å²) in [5.41, 5.74) is 1.52. The quantitative estimate of drug-likeness (QED) is 0.485. The van der Waals surface area contributed by atoms with Crippen LogP contribution in [0, 0.1) is 0 Å². The van der Waals surface area contributed by atoms with E-state index >= 15 is 0 Å². The fraction of sp³-hybridized carbons (Fsp3) is 0.429. The van der Waals surface area contributed by atoms with Crippen LogP contribution in [0.15, 0.2) is 20.4 Å². The molecule has 1 aliphatic heterocycles. The predicted octanol–water partition coefficient (Wildman–Crippen LogP) is 1.63. The fourth-order valence-corrected chi connectivity index (χ4v) is 3.28. The van der Waals surface area contributed by atoms with Gasteiger partial charge in [-0.25, -0.2) is 0 Å². The summed E-state index contributed by atoms with van der Waals surface area (Å²) < 4.78 is 3.28. The average Bonchev–Trinajstić information content (AvgIpc) is 1.85. The monoisotopic (exact) mass is 170 g/mol. The topological polar surface area (TPSA) is 0 Å². The Balaban J connectivity index is 2.79. The van der Waals surface area contributed by atoms with E-state index in [-0.39, 0.29) is 15.8 Å². The molecule has 1 heteroatoms. The molecule has 1 unspecified atom stereocenters. The maximum atomic E-state index is 2.31. The van der Waals surface area contributed by atoms with Crippen molar-refractivity contribution in [3.8, 4) is 0 Å². The van der Waals surface area contributed by atoms with E-state index in [2.05, 4.69) is 26.8 Å². The second-order valence-electron chi connectivity index (χ2n) is 2.26. The van der Waals surface area contributed by atoms with Crippen molar-refractivity contribution in [2.75, 3.05) is 0 Å². The van der Waals surface area contributed by atoms with Crippen LogP contribution in [0.2, 0.25) is 0 Å². The second-order valence-corrected chi connectivity index (χ2v) is 6.01. The van der Waals surface area contributed by atoms with Crippen LogP contribution in [-0.2, 0) is 0 Å². The summed E-state index contributed by atoms with van der Waals surface area (Å²) in [6, 6.07) is 0. The molecule has 0 aromatic carbocycles. The van der Waals surface area contributed by atoms with E-state index in [0.29, 0.717) is 0 Å². The molecule has 0 spiro atoms.